The molecule has 2 aromatic rings. The summed E-state index contributed by atoms with van der Waals surface area (Å²) >= 11 is 6.17. The van der Waals surface area contributed by atoms with Gasteiger partial charge in [-0.1, -0.05) is 35.9 Å². The predicted octanol–water partition coefficient (Wildman–Crippen LogP) is 2.89. The van der Waals surface area contributed by atoms with Gasteiger partial charge in [-0.25, -0.2) is 0 Å². The first kappa shape index (κ1) is 20.0. The van der Waals surface area contributed by atoms with Crippen LogP contribution in [-0.4, -0.2) is 54.7 Å². The van der Waals surface area contributed by atoms with Crippen molar-refractivity contribution in [1.82, 2.24) is 15.1 Å². The maximum absolute atomic E-state index is 12.6. The molecule has 0 spiro atoms. The van der Waals surface area contributed by atoms with Crippen LogP contribution in [0.1, 0.15) is 18.1 Å². The SMILES string of the molecule is C[C@H](C(=O)NCc1ccccc1Cl)N1CCN(Cc2ccc3c(c2)OCO3)CC1. The molecule has 1 fully saturated rings. The van der Waals surface area contributed by atoms with Crippen molar-refractivity contribution in [3.8, 4) is 11.5 Å². The molecular formula is C22H26ClN3O3. The lowest BCUT2D eigenvalue weighted by Crippen LogP contribution is -2.53. The van der Waals surface area contributed by atoms with Gasteiger partial charge >= 0.3 is 0 Å². The van der Waals surface area contributed by atoms with Crippen LogP contribution in [0.2, 0.25) is 5.02 Å². The van der Waals surface area contributed by atoms with E-state index in [9.17, 15) is 4.79 Å². The van der Waals surface area contributed by atoms with E-state index in [1.54, 1.807) is 0 Å². The van der Waals surface area contributed by atoms with Crippen LogP contribution in [0.5, 0.6) is 11.5 Å². The number of benzene rings is 2. The van der Waals surface area contributed by atoms with Crippen LogP contribution < -0.4 is 14.8 Å². The third-order valence-electron chi connectivity index (χ3n) is 5.59. The fourth-order valence-corrected chi connectivity index (χ4v) is 3.95. The summed E-state index contributed by atoms with van der Waals surface area (Å²) in [5, 5.41) is 3.69. The third kappa shape index (κ3) is 4.83. The topological polar surface area (TPSA) is 54.0 Å². The van der Waals surface area contributed by atoms with E-state index in [1.165, 1.54) is 5.56 Å². The Labute approximate surface area is 176 Å². The number of nitrogens with one attached hydrogen (secondary N) is 1. The second kappa shape index (κ2) is 9.03. The van der Waals surface area contributed by atoms with Crippen molar-refractivity contribution in [2.75, 3.05) is 33.0 Å². The highest BCUT2D eigenvalue weighted by molar-refractivity contribution is 6.31. The Balaban J connectivity index is 1.24. The molecule has 2 heterocycles. The number of rotatable bonds is 6. The minimum absolute atomic E-state index is 0.0362. The Morgan fingerprint density at radius 1 is 1.10 bits per heavy atom. The van der Waals surface area contributed by atoms with Gasteiger partial charge in [0.2, 0.25) is 12.7 Å². The number of nitrogens with zero attached hydrogens (tertiary/aromatic N) is 2. The molecular weight excluding hydrogens is 390 g/mol. The Morgan fingerprint density at radius 3 is 2.66 bits per heavy atom. The average molecular weight is 416 g/mol. The summed E-state index contributed by atoms with van der Waals surface area (Å²) in [6.07, 6.45) is 0. The summed E-state index contributed by atoms with van der Waals surface area (Å²) in [7, 11) is 0. The minimum Gasteiger partial charge on any atom is -0.454 e. The standard InChI is InChI=1S/C22H26ClN3O3/c1-16(22(27)24-13-18-4-2-3-5-19(18)23)26-10-8-25(9-11-26)14-17-6-7-20-21(12-17)29-15-28-20/h2-7,12,16H,8-11,13-15H2,1H3,(H,24,27)/t16-/m1/s1. The van der Waals surface area contributed by atoms with Gasteiger partial charge < -0.3 is 14.8 Å². The lowest BCUT2D eigenvalue weighted by molar-refractivity contribution is -0.126. The fraction of sp³-hybridized carbons (Fsp3) is 0.409. The van der Waals surface area contributed by atoms with E-state index in [-0.39, 0.29) is 11.9 Å². The van der Waals surface area contributed by atoms with E-state index in [4.69, 9.17) is 21.1 Å². The van der Waals surface area contributed by atoms with Crippen molar-refractivity contribution in [2.24, 2.45) is 0 Å². The number of ether oxygens (including phenoxy) is 2. The van der Waals surface area contributed by atoms with Crippen LogP contribution in [0.3, 0.4) is 0 Å². The van der Waals surface area contributed by atoms with Crippen molar-refractivity contribution in [2.45, 2.75) is 26.1 Å². The Morgan fingerprint density at radius 2 is 1.86 bits per heavy atom. The van der Waals surface area contributed by atoms with Gasteiger partial charge in [-0.2, -0.15) is 0 Å². The second-order valence-electron chi connectivity index (χ2n) is 7.48. The number of hydrogen-bond donors (Lipinski definition) is 1. The molecule has 0 unspecified atom stereocenters. The molecule has 7 heteroatoms. The van der Waals surface area contributed by atoms with Crippen molar-refractivity contribution >= 4 is 17.5 Å². The molecule has 1 N–H and O–H groups in total. The molecule has 1 amide bonds. The molecule has 0 aliphatic carbocycles. The van der Waals surface area contributed by atoms with E-state index in [0.717, 1.165) is 49.8 Å². The van der Waals surface area contributed by atoms with E-state index < -0.39 is 0 Å². The summed E-state index contributed by atoms with van der Waals surface area (Å²) in [5.74, 6) is 1.68. The minimum atomic E-state index is -0.162. The number of hydrogen-bond acceptors (Lipinski definition) is 5. The van der Waals surface area contributed by atoms with Gasteiger partial charge in [0.25, 0.3) is 0 Å². The number of fused-ring (bicyclic) bond motifs is 1. The predicted molar refractivity (Wildman–Crippen MR) is 112 cm³/mol. The average Bonchev–Trinajstić information content (AvgIpc) is 3.21. The van der Waals surface area contributed by atoms with E-state index in [0.29, 0.717) is 18.4 Å². The van der Waals surface area contributed by atoms with Crippen LogP contribution >= 0.6 is 11.6 Å². The molecule has 0 bridgehead atoms. The molecule has 154 valence electrons. The number of carbonyl (C=O) groups is 1. The van der Waals surface area contributed by atoms with E-state index in [1.807, 2.05) is 37.3 Å². The third-order valence-corrected chi connectivity index (χ3v) is 5.96. The summed E-state index contributed by atoms with van der Waals surface area (Å²) in [5.41, 5.74) is 2.15. The Hall–Kier alpha value is -2.28. The fourth-order valence-electron chi connectivity index (χ4n) is 3.74. The van der Waals surface area contributed by atoms with Gasteiger partial charge in [-0.15, -0.1) is 0 Å². The van der Waals surface area contributed by atoms with Gasteiger partial charge in [0.15, 0.2) is 11.5 Å². The van der Waals surface area contributed by atoms with Gasteiger partial charge in [-0.05, 0) is 36.2 Å². The van der Waals surface area contributed by atoms with Crippen molar-refractivity contribution < 1.29 is 14.3 Å². The zero-order valence-corrected chi connectivity index (χ0v) is 17.3. The maximum atomic E-state index is 12.6. The first-order valence-electron chi connectivity index (χ1n) is 9.96. The highest BCUT2D eigenvalue weighted by atomic mass is 35.5. The Bertz CT molecular complexity index is 868. The second-order valence-corrected chi connectivity index (χ2v) is 7.89. The van der Waals surface area contributed by atoms with E-state index in [2.05, 4.69) is 27.2 Å². The quantitative estimate of drug-likeness (QED) is 0.786. The molecule has 2 aliphatic heterocycles. The van der Waals surface area contributed by atoms with Crippen molar-refractivity contribution in [1.29, 1.82) is 0 Å². The number of amides is 1. The highest BCUT2D eigenvalue weighted by Crippen LogP contribution is 2.32. The molecule has 2 aromatic carbocycles. The van der Waals surface area contributed by atoms with Crippen LogP contribution in [-0.2, 0) is 17.9 Å². The summed E-state index contributed by atoms with van der Waals surface area (Å²) < 4.78 is 10.8. The van der Waals surface area contributed by atoms with Gasteiger partial charge in [0.1, 0.15) is 0 Å². The Kier molecular flexibility index (Phi) is 6.23. The summed E-state index contributed by atoms with van der Waals surface area (Å²) in [6.45, 7) is 7.18. The van der Waals surface area contributed by atoms with Gasteiger partial charge in [0.05, 0.1) is 6.04 Å². The highest BCUT2D eigenvalue weighted by Gasteiger charge is 2.26. The zero-order valence-electron chi connectivity index (χ0n) is 16.6. The van der Waals surface area contributed by atoms with Crippen molar-refractivity contribution in [3.05, 3.63) is 58.6 Å². The number of piperazine rings is 1. The summed E-state index contributed by atoms with van der Waals surface area (Å²) in [4.78, 5) is 17.2. The molecule has 0 aromatic heterocycles. The molecule has 1 atom stereocenters. The molecule has 0 saturated carbocycles. The molecule has 0 radical (unpaired) electrons. The van der Waals surface area contributed by atoms with E-state index >= 15 is 0 Å². The van der Waals surface area contributed by atoms with Gasteiger partial charge in [0, 0.05) is 44.3 Å². The largest absolute Gasteiger partial charge is 0.454 e. The lowest BCUT2D eigenvalue weighted by Gasteiger charge is -2.37. The molecule has 29 heavy (non-hydrogen) atoms. The lowest BCUT2D eigenvalue weighted by atomic mass is 10.1. The van der Waals surface area contributed by atoms with Crippen LogP contribution in [0.25, 0.3) is 0 Å². The number of carbonyl (C=O) groups excluding carboxylic acids is 1. The van der Waals surface area contributed by atoms with Crippen molar-refractivity contribution in [3.63, 3.8) is 0 Å². The molecule has 2 aliphatic rings. The smallest absolute Gasteiger partial charge is 0.237 e. The summed E-state index contributed by atoms with van der Waals surface area (Å²) in [6, 6.07) is 13.5. The maximum Gasteiger partial charge on any atom is 0.237 e. The first-order valence-corrected chi connectivity index (χ1v) is 10.3. The molecule has 1 saturated heterocycles. The first-order chi connectivity index (χ1) is 14.1. The number of halogens is 1. The monoisotopic (exact) mass is 415 g/mol. The zero-order chi connectivity index (χ0) is 20.2. The van der Waals surface area contributed by atoms with Crippen LogP contribution in [0.15, 0.2) is 42.5 Å². The van der Waals surface area contributed by atoms with Gasteiger partial charge in [-0.3, -0.25) is 14.6 Å². The molecule has 6 nitrogen and oxygen atoms in total. The van der Waals surface area contributed by atoms with Crippen LogP contribution in [0, 0.1) is 0 Å². The normalized spacial score (nSPS) is 17.9. The van der Waals surface area contributed by atoms with Crippen LogP contribution in [0.4, 0.5) is 0 Å². The molecule has 4 rings (SSSR count).